The Balaban J connectivity index is 1.91. The zero-order chi connectivity index (χ0) is 13.7. The van der Waals surface area contributed by atoms with E-state index < -0.39 is 5.82 Å². The molecule has 1 atom stereocenters. The molecule has 0 heterocycles. The zero-order valence-corrected chi connectivity index (χ0v) is 10.9. The van der Waals surface area contributed by atoms with Crippen molar-refractivity contribution in [2.24, 2.45) is 0 Å². The molecule has 2 aromatic carbocycles. The van der Waals surface area contributed by atoms with Crippen LogP contribution in [0, 0.1) is 11.6 Å². The van der Waals surface area contributed by atoms with Crippen molar-refractivity contribution < 1.29 is 8.78 Å². The molecule has 0 amide bonds. The van der Waals surface area contributed by atoms with E-state index in [-0.39, 0.29) is 11.9 Å². The first-order chi connectivity index (χ1) is 9.16. The van der Waals surface area contributed by atoms with Crippen LogP contribution >= 0.6 is 0 Å². The van der Waals surface area contributed by atoms with Gasteiger partial charge >= 0.3 is 0 Å². The summed E-state index contributed by atoms with van der Waals surface area (Å²) >= 11 is 0. The lowest BCUT2D eigenvalue weighted by Crippen LogP contribution is -2.22. The Bertz CT molecular complexity index is 526. The molecule has 19 heavy (non-hydrogen) atoms. The highest BCUT2D eigenvalue weighted by atomic mass is 19.1. The molecule has 0 spiro atoms. The summed E-state index contributed by atoms with van der Waals surface area (Å²) in [5, 5.41) is 3.21. The van der Waals surface area contributed by atoms with E-state index in [1.54, 1.807) is 0 Å². The topological polar surface area (TPSA) is 12.0 Å². The molecule has 0 aliphatic heterocycles. The van der Waals surface area contributed by atoms with Crippen LogP contribution < -0.4 is 5.32 Å². The summed E-state index contributed by atoms with van der Waals surface area (Å²) < 4.78 is 26.7. The third-order valence-corrected chi connectivity index (χ3v) is 3.13. The van der Waals surface area contributed by atoms with E-state index in [1.165, 1.54) is 17.7 Å². The van der Waals surface area contributed by atoms with E-state index in [1.807, 2.05) is 25.1 Å². The Kier molecular flexibility index (Phi) is 4.63. The van der Waals surface area contributed by atoms with Crippen LogP contribution in [0.1, 0.15) is 24.1 Å². The summed E-state index contributed by atoms with van der Waals surface area (Å²) in [5.74, 6) is -0.783. The molecule has 0 saturated heterocycles. The van der Waals surface area contributed by atoms with Crippen LogP contribution in [0.2, 0.25) is 0 Å². The number of halogens is 2. The first-order valence-electron chi connectivity index (χ1n) is 6.39. The largest absolute Gasteiger partial charge is 0.310 e. The van der Waals surface area contributed by atoms with Gasteiger partial charge in [-0.25, -0.2) is 8.78 Å². The lowest BCUT2D eigenvalue weighted by molar-refractivity contribution is 0.521. The van der Waals surface area contributed by atoms with Gasteiger partial charge in [-0.3, -0.25) is 0 Å². The van der Waals surface area contributed by atoms with Crippen molar-refractivity contribution in [1.82, 2.24) is 5.32 Å². The lowest BCUT2D eigenvalue weighted by atomic mass is 10.1. The summed E-state index contributed by atoms with van der Waals surface area (Å²) in [4.78, 5) is 0. The molecule has 0 bridgehead atoms. The molecule has 1 nitrogen and oxygen atoms in total. The quantitative estimate of drug-likeness (QED) is 0.861. The molecular formula is C16H17F2N. The third kappa shape index (κ3) is 3.86. The molecule has 0 aromatic heterocycles. The molecule has 100 valence electrons. The van der Waals surface area contributed by atoms with Crippen molar-refractivity contribution in [2.75, 3.05) is 6.54 Å². The van der Waals surface area contributed by atoms with Gasteiger partial charge in [-0.15, -0.1) is 0 Å². The molecule has 2 rings (SSSR count). The molecule has 1 N–H and O–H groups in total. The predicted molar refractivity (Wildman–Crippen MR) is 72.9 cm³/mol. The van der Waals surface area contributed by atoms with Crippen molar-refractivity contribution in [3.05, 3.63) is 71.3 Å². The minimum Gasteiger partial charge on any atom is -0.310 e. The van der Waals surface area contributed by atoms with Gasteiger partial charge in [-0.2, -0.15) is 0 Å². The van der Waals surface area contributed by atoms with Gasteiger partial charge in [0.2, 0.25) is 0 Å². The second-order valence-corrected chi connectivity index (χ2v) is 4.58. The highest BCUT2D eigenvalue weighted by Gasteiger charge is 2.11. The normalized spacial score (nSPS) is 12.4. The summed E-state index contributed by atoms with van der Waals surface area (Å²) in [5.41, 5.74) is 1.59. The predicted octanol–water partition coefficient (Wildman–Crippen LogP) is 3.86. The Hall–Kier alpha value is -1.74. The van der Waals surface area contributed by atoms with Gasteiger partial charge in [0.05, 0.1) is 0 Å². The maximum absolute atomic E-state index is 13.6. The molecule has 0 fully saturated rings. The van der Waals surface area contributed by atoms with Gasteiger partial charge in [0.1, 0.15) is 11.6 Å². The fourth-order valence-electron chi connectivity index (χ4n) is 2.03. The molecule has 0 radical (unpaired) electrons. The summed E-state index contributed by atoms with van der Waals surface area (Å²) in [6.45, 7) is 2.56. The average molecular weight is 261 g/mol. The number of hydrogen-bond acceptors (Lipinski definition) is 1. The number of benzene rings is 2. The van der Waals surface area contributed by atoms with E-state index in [0.29, 0.717) is 5.56 Å². The molecule has 3 heteroatoms. The summed E-state index contributed by atoms with van der Waals surface area (Å²) in [6, 6.07) is 13.4. The zero-order valence-electron chi connectivity index (χ0n) is 10.9. The van der Waals surface area contributed by atoms with E-state index in [2.05, 4.69) is 17.4 Å². The fraction of sp³-hybridized carbons (Fsp3) is 0.250. The number of hydrogen-bond donors (Lipinski definition) is 1. The van der Waals surface area contributed by atoms with Crippen LogP contribution in [0.5, 0.6) is 0 Å². The van der Waals surface area contributed by atoms with Crippen molar-refractivity contribution in [2.45, 2.75) is 19.4 Å². The Morgan fingerprint density at radius 1 is 1.05 bits per heavy atom. The summed E-state index contributed by atoms with van der Waals surface area (Å²) in [6.07, 6.45) is 0.863. The molecule has 2 aromatic rings. The van der Waals surface area contributed by atoms with Crippen LogP contribution in [-0.2, 0) is 6.42 Å². The van der Waals surface area contributed by atoms with E-state index in [0.717, 1.165) is 19.0 Å². The Morgan fingerprint density at radius 3 is 2.53 bits per heavy atom. The number of rotatable bonds is 5. The van der Waals surface area contributed by atoms with Crippen molar-refractivity contribution in [1.29, 1.82) is 0 Å². The molecular weight excluding hydrogens is 244 g/mol. The van der Waals surface area contributed by atoms with Gasteiger partial charge in [-0.1, -0.05) is 30.3 Å². The summed E-state index contributed by atoms with van der Waals surface area (Å²) in [7, 11) is 0. The van der Waals surface area contributed by atoms with E-state index >= 15 is 0 Å². The van der Waals surface area contributed by atoms with Crippen molar-refractivity contribution >= 4 is 0 Å². The SMILES string of the molecule is CC(NCCc1ccccc1)c1cc(F)ccc1F. The Morgan fingerprint density at radius 2 is 1.79 bits per heavy atom. The minimum atomic E-state index is -0.409. The first-order valence-corrected chi connectivity index (χ1v) is 6.39. The monoisotopic (exact) mass is 261 g/mol. The maximum atomic E-state index is 13.6. The van der Waals surface area contributed by atoms with Crippen LogP contribution in [0.25, 0.3) is 0 Å². The van der Waals surface area contributed by atoms with Crippen molar-refractivity contribution in [3.63, 3.8) is 0 Å². The first kappa shape index (κ1) is 13.7. The minimum absolute atomic E-state index is 0.209. The van der Waals surface area contributed by atoms with Gasteiger partial charge in [0, 0.05) is 11.6 Å². The highest BCUT2D eigenvalue weighted by Crippen LogP contribution is 2.17. The number of nitrogens with one attached hydrogen (secondary N) is 1. The molecule has 0 saturated carbocycles. The second-order valence-electron chi connectivity index (χ2n) is 4.58. The molecule has 1 unspecified atom stereocenters. The fourth-order valence-corrected chi connectivity index (χ4v) is 2.03. The van der Waals surface area contributed by atoms with Crippen molar-refractivity contribution in [3.8, 4) is 0 Å². The van der Waals surface area contributed by atoms with Crippen LogP contribution in [0.4, 0.5) is 8.78 Å². The van der Waals surface area contributed by atoms with Gasteiger partial charge in [0.25, 0.3) is 0 Å². The highest BCUT2D eigenvalue weighted by molar-refractivity contribution is 5.22. The van der Waals surface area contributed by atoms with Gasteiger partial charge in [0.15, 0.2) is 0 Å². The Labute approximate surface area is 112 Å². The molecule has 0 aliphatic rings. The van der Waals surface area contributed by atoms with Crippen LogP contribution in [0.3, 0.4) is 0 Å². The second kappa shape index (κ2) is 6.43. The third-order valence-electron chi connectivity index (χ3n) is 3.13. The molecule has 0 aliphatic carbocycles. The standard InChI is InChI=1S/C16H17F2N/c1-12(15-11-14(17)7-8-16(15)18)19-10-9-13-5-3-2-4-6-13/h2-8,11-12,19H,9-10H2,1H3. The average Bonchev–Trinajstić information content (AvgIpc) is 2.42. The van der Waals surface area contributed by atoms with Crippen LogP contribution in [-0.4, -0.2) is 6.54 Å². The maximum Gasteiger partial charge on any atom is 0.128 e. The van der Waals surface area contributed by atoms with Gasteiger partial charge in [-0.05, 0) is 43.7 Å². The van der Waals surface area contributed by atoms with E-state index in [9.17, 15) is 8.78 Å². The van der Waals surface area contributed by atoms with E-state index in [4.69, 9.17) is 0 Å². The van der Waals surface area contributed by atoms with Gasteiger partial charge < -0.3 is 5.32 Å². The lowest BCUT2D eigenvalue weighted by Gasteiger charge is -2.15. The smallest absolute Gasteiger partial charge is 0.128 e. The van der Waals surface area contributed by atoms with Crippen LogP contribution in [0.15, 0.2) is 48.5 Å².